The highest BCUT2D eigenvalue weighted by atomic mass is 16.5. The number of esters is 1. The Balaban J connectivity index is 1.78. The summed E-state index contributed by atoms with van der Waals surface area (Å²) >= 11 is 0. The zero-order valence-corrected chi connectivity index (χ0v) is 14.3. The maximum absolute atomic E-state index is 12.3. The summed E-state index contributed by atoms with van der Waals surface area (Å²) in [4.78, 5) is 25.7. The molecule has 7 heteroatoms. The predicted octanol–water partition coefficient (Wildman–Crippen LogP) is 0.575. The lowest BCUT2D eigenvalue weighted by molar-refractivity contribution is -0.154. The van der Waals surface area contributed by atoms with E-state index < -0.39 is 17.6 Å². The number of rotatable bonds is 5. The van der Waals surface area contributed by atoms with Crippen molar-refractivity contribution in [2.45, 2.75) is 56.6 Å². The molecule has 134 valence electrons. The van der Waals surface area contributed by atoms with Gasteiger partial charge in [-0.25, -0.2) is 4.79 Å². The molecule has 0 unspecified atom stereocenters. The molecule has 0 radical (unpaired) electrons. The van der Waals surface area contributed by atoms with Crippen molar-refractivity contribution < 1.29 is 19.4 Å². The molecule has 2 rings (SSSR count). The van der Waals surface area contributed by atoms with Crippen LogP contribution in [0.25, 0.3) is 0 Å². The van der Waals surface area contributed by atoms with Gasteiger partial charge in [0, 0.05) is 0 Å². The van der Waals surface area contributed by atoms with Crippen LogP contribution in [-0.2, 0) is 14.3 Å². The number of hydrogen-bond acceptors (Lipinski definition) is 6. The molecule has 0 aromatic carbocycles. The van der Waals surface area contributed by atoms with E-state index >= 15 is 0 Å². The minimum absolute atomic E-state index is 0.120. The first-order valence-corrected chi connectivity index (χ1v) is 8.70. The molecule has 24 heavy (non-hydrogen) atoms. The smallest absolute Gasteiger partial charge is 0.334 e. The second kappa shape index (κ2) is 8.45. The van der Waals surface area contributed by atoms with Crippen molar-refractivity contribution in [3.63, 3.8) is 0 Å². The van der Waals surface area contributed by atoms with E-state index in [1.165, 1.54) is 7.11 Å². The van der Waals surface area contributed by atoms with Crippen molar-refractivity contribution in [3.05, 3.63) is 0 Å². The summed E-state index contributed by atoms with van der Waals surface area (Å²) in [5, 5.41) is 22.2. The number of carbonyl (C=O) groups is 2. The highest BCUT2D eigenvalue weighted by Crippen LogP contribution is 2.27. The average Bonchev–Trinajstić information content (AvgIpc) is 2.61. The molecular weight excluding hydrogens is 310 g/mol. The number of likely N-dealkylation sites (tertiary alicyclic amines) is 1. The molecule has 1 saturated carbocycles. The third kappa shape index (κ3) is 4.68. The Morgan fingerprint density at radius 2 is 1.96 bits per heavy atom. The normalized spacial score (nSPS) is 23.0. The first-order chi connectivity index (χ1) is 11.5. The number of aliphatic hydroxyl groups excluding tert-OH is 1. The van der Waals surface area contributed by atoms with Crippen LogP contribution in [0.15, 0.2) is 0 Å². The minimum Gasteiger partial charge on any atom is -0.467 e. The van der Waals surface area contributed by atoms with Crippen molar-refractivity contribution in [2.24, 2.45) is 5.92 Å². The molecule has 0 aromatic heterocycles. The van der Waals surface area contributed by atoms with E-state index in [1.54, 1.807) is 0 Å². The number of nitrogens with zero attached hydrogens (tertiary/aromatic N) is 2. The molecule has 1 heterocycles. The van der Waals surface area contributed by atoms with Crippen LogP contribution in [0, 0.1) is 17.2 Å². The van der Waals surface area contributed by atoms with E-state index in [0.29, 0.717) is 25.9 Å². The second-order valence-electron chi connectivity index (χ2n) is 6.88. The number of nitriles is 1. The van der Waals surface area contributed by atoms with Gasteiger partial charge in [0.25, 0.3) is 0 Å². The van der Waals surface area contributed by atoms with Crippen LogP contribution < -0.4 is 5.32 Å². The fourth-order valence-electron chi connectivity index (χ4n) is 3.67. The maximum Gasteiger partial charge on any atom is 0.334 e. The van der Waals surface area contributed by atoms with Gasteiger partial charge in [-0.05, 0) is 44.7 Å². The largest absolute Gasteiger partial charge is 0.467 e. The van der Waals surface area contributed by atoms with E-state index in [2.05, 4.69) is 16.1 Å². The Morgan fingerprint density at radius 1 is 1.33 bits per heavy atom. The molecule has 2 N–H and O–H groups in total. The Morgan fingerprint density at radius 3 is 2.50 bits per heavy atom. The van der Waals surface area contributed by atoms with Crippen molar-refractivity contribution in [3.8, 4) is 6.07 Å². The number of piperidine rings is 1. The molecule has 1 aliphatic heterocycles. The predicted molar refractivity (Wildman–Crippen MR) is 86.8 cm³/mol. The second-order valence-corrected chi connectivity index (χ2v) is 6.88. The van der Waals surface area contributed by atoms with Gasteiger partial charge < -0.3 is 15.2 Å². The molecule has 7 nitrogen and oxygen atoms in total. The van der Waals surface area contributed by atoms with Crippen molar-refractivity contribution in [2.75, 3.05) is 26.7 Å². The number of ether oxygens (including phenoxy) is 1. The zero-order chi connectivity index (χ0) is 17.6. The average molecular weight is 337 g/mol. The Labute approximate surface area is 142 Å². The van der Waals surface area contributed by atoms with E-state index in [0.717, 1.165) is 32.1 Å². The van der Waals surface area contributed by atoms with Gasteiger partial charge in [-0.2, -0.15) is 5.26 Å². The summed E-state index contributed by atoms with van der Waals surface area (Å²) in [5.74, 6) is -0.842. The van der Waals surface area contributed by atoms with Gasteiger partial charge in [-0.1, -0.05) is 19.3 Å². The molecule has 2 fully saturated rings. The highest BCUT2D eigenvalue weighted by molar-refractivity contribution is 5.79. The summed E-state index contributed by atoms with van der Waals surface area (Å²) in [7, 11) is 1.27. The summed E-state index contributed by atoms with van der Waals surface area (Å²) in [6.07, 6.45) is 4.73. The molecule has 0 spiro atoms. The zero-order valence-electron chi connectivity index (χ0n) is 14.3. The number of nitrogens with one attached hydrogen (secondary N) is 1. The number of hydrogen-bond donors (Lipinski definition) is 2. The summed E-state index contributed by atoms with van der Waals surface area (Å²) in [6.45, 7) is 1.54. The molecule has 2 aliphatic rings. The van der Waals surface area contributed by atoms with Crippen LogP contribution in [0.5, 0.6) is 0 Å². The van der Waals surface area contributed by atoms with Gasteiger partial charge in [0.1, 0.15) is 5.54 Å². The van der Waals surface area contributed by atoms with Crippen LogP contribution in [0.1, 0.15) is 44.9 Å². The maximum atomic E-state index is 12.3. The monoisotopic (exact) mass is 337 g/mol. The SMILES string of the molecule is COC(=O)[C@@H](O)C1CCN(CC(=O)NC2(C#N)CCCCC2)CC1. The summed E-state index contributed by atoms with van der Waals surface area (Å²) < 4.78 is 4.57. The fraction of sp³-hybridized carbons (Fsp3) is 0.824. The standard InChI is InChI=1S/C17H27N3O4/c1-24-16(23)15(22)13-5-9-20(10-6-13)11-14(21)19-17(12-18)7-3-2-4-8-17/h13,15,22H,2-11H2,1H3,(H,19,21)/t15-/m0/s1. The molecule has 1 aliphatic carbocycles. The Hall–Kier alpha value is -1.65. The number of methoxy groups -OCH3 is 1. The molecule has 1 atom stereocenters. The fourth-order valence-corrected chi connectivity index (χ4v) is 3.67. The van der Waals surface area contributed by atoms with E-state index in [-0.39, 0.29) is 18.4 Å². The van der Waals surface area contributed by atoms with Gasteiger partial charge >= 0.3 is 5.97 Å². The summed E-state index contributed by atoms with van der Waals surface area (Å²) in [5.41, 5.74) is -0.700. The van der Waals surface area contributed by atoms with Crippen LogP contribution in [-0.4, -0.2) is 60.3 Å². The van der Waals surface area contributed by atoms with Gasteiger partial charge in [0.15, 0.2) is 6.10 Å². The third-order valence-corrected chi connectivity index (χ3v) is 5.19. The van der Waals surface area contributed by atoms with Crippen molar-refractivity contribution in [1.29, 1.82) is 5.26 Å². The Bertz CT molecular complexity index is 489. The molecule has 0 bridgehead atoms. The molecule has 1 amide bonds. The van der Waals surface area contributed by atoms with E-state index in [4.69, 9.17) is 0 Å². The quantitative estimate of drug-likeness (QED) is 0.711. The van der Waals surface area contributed by atoms with Crippen molar-refractivity contribution in [1.82, 2.24) is 10.2 Å². The number of amides is 1. The third-order valence-electron chi connectivity index (χ3n) is 5.19. The molecular formula is C17H27N3O4. The lowest BCUT2D eigenvalue weighted by Gasteiger charge is -2.35. The van der Waals surface area contributed by atoms with E-state index in [1.807, 2.05) is 4.90 Å². The van der Waals surface area contributed by atoms with Gasteiger partial charge in [0.05, 0.1) is 19.7 Å². The van der Waals surface area contributed by atoms with Crippen LogP contribution in [0.4, 0.5) is 0 Å². The van der Waals surface area contributed by atoms with E-state index in [9.17, 15) is 20.0 Å². The minimum atomic E-state index is -1.09. The van der Waals surface area contributed by atoms with Crippen LogP contribution >= 0.6 is 0 Å². The lowest BCUT2D eigenvalue weighted by Crippen LogP contribution is -2.52. The number of aliphatic hydroxyl groups is 1. The van der Waals surface area contributed by atoms with Gasteiger partial charge in [-0.3, -0.25) is 9.69 Å². The summed E-state index contributed by atoms with van der Waals surface area (Å²) in [6, 6.07) is 2.29. The van der Waals surface area contributed by atoms with Crippen LogP contribution in [0.2, 0.25) is 0 Å². The van der Waals surface area contributed by atoms with Gasteiger partial charge in [0.2, 0.25) is 5.91 Å². The number of carbonyl (C=O) groups excluding carboxylic acids is 2. The lowest BCUT2D eigenvalue weighted by atomic mass is 9.83. The van der Waals surface area contributed by atoms with Gasteiger partial charge in [-0.15, -0.1) is 0 Å². The first kappa shape index (κ1) is 18.7. The van der Waals surface area contributed by atoms with Crippen LogP contribution in [0.3, 0.4) is 0 Å². The van der Waals surface area contributed by atoms with Crippen molar-refractivity contribution >= 4 is 11.9 Å². The Kier molecular flexibility index (Phi) is 6.58. The molecule has 1 saturated heterocycles. The highest BCUT2D eigenvalue weighted by Gasteiger charge is 2.35. The topological polar surface area (TPSA) is 103 Å². The molecule has 0 aromatic rings. The first-order valence-electron chi connectivity index (χ1n) is 8.70.